The molecule has 4 radical (unpaired) electrons. The lowest BCUT2D eigenvalue weighted by atomic mass is 9.76. The first kappa shape index (κ1) is 16.4. The summed E-state index contributed by atoms with van der Waals surface area (Å²) in [5.41, 5.74) is 1.94. The van der Waals surface area contributed by atoms with Crippen LogP contribution < -0.4 is 4.74 Å². The molecule has 122 valence electrons. The van der Waals surface area contributed by atoms with Gasteiger partial charge in [0.2, 0.25) is 0 Å². The lowest BCUT2D eigenvalue weighted by Crippen LogP contribution is -2.34. The number of allylic oxidation sites excluding steroid dienone is 1. The fraction of sp³-hybridized carbons (Fsp3) is 0.333. The molecule has 0 fully saturated rings. The molecule has 0 bridgehead atoms. The van der Waals surface area contributed by atoms with Gasteiger partial charge in [-0.2, -0.15) is 0 Å². The summed E-state index contributed by atoms with van der Waals surface area (Å²) >= 11 is 0. The van der Waals surface area contributed by atoms with E-state index in [9.17, 15) is 0 Å². The first-order valence-electron chi connectivity index (χ1n) is 8.62. The van der Waals surface area contributed by atoms with Gasteiger partial charge < -0.3 is 9.47 Å². The third-order valence-electron chi connectivity index (χ3n) is 4.86. The van der Waals surface area contributed by atoms with Crippen LogP contribution in [0.4, 0.5) is 0 Å². The standard InChI is InChI=1S/C21H20B2O2/c1-12(22)17-11-16-13-7-5-6-8-14(13)19-15(9-10-21(4,23)25-19)18(16)20(2,3)24-17/h5-12H,1-4H3. The second kappa shape index (κ2) is 5.20. The summed E-state index contributed by atoms with van der Waals surface area (Å²) in [4.78, 5) is 0. The van der Waals surface area contributed by atoms with E-state index in [0.717, 1.165) is 39.0 Å². The van der Waals surface area contributed by atoms with Crippen molar-refractivity contribution >= 4 is 38.6 Å². The van der Waals surface area contributed by atoms with Crippen LogP contribution >= 0.6 is 0 Å². The minimum Gasteiger partial charge on any atom is -0.492 e. The number of hydrogen-bond donors (Lipinski definition) is 0. The minimum atomic E-state index is -0.823. The number of ether oxygens (including phenoxy) is 2. The van der Waals surface area contributed by atoms with Crippen molar-refractivity contribution in [1.82, 2.24) is 0 Å². The van der Waals surface area contributed by atoms with Gasteiger partial charge in [0, 0.05) is 16.5 Å². The smallest absolute Gasteiger partial charge is 0.137 e. The van der Waals surface area contributed by atoms with E-state index >= 15 is 0 Å². The number of fused-ring (bicyclic) bond motifs is 6. The van der Waals surface area contributed by atoms with Gasteiger partial charge in [0.25, 0.3) is 0 Å². The molecule has 0 amide bonds. The predicted molar refractivity (Wildman–Crippen MR) is 105 cm³/mol. The molecule has 2 aromatic carbocycles. The largest absolute Gasteiger partial charge is 0.492 e. The summed E-state index contributed by atoms with van der Waals surface area (Å²) < 4.78 is 12.4. The summed E-state index contributed by atoms with van der Waals surface area (Å²) in [6.45, 7) is 7.94. The SMILES string of the molecule is [B]C(C)C1=Cc2c(c3c(c4ccccc24)OC([B])(C)C=C3)C(C)(C)O1. The van der Waals surface area contributed by atoms with Crippen molar-refractivity contribution in [1.29, 1.82) is 0 Å². The fourth-order valence-corrected chi connectivity index (χ4v) is 3.77. The zero-order valence-corrected chi connectivity index (χ0v) is 15.1. The molecule has 2 aliphatic rings. The normalized spacial score (nSPS) is 24.6. The van der Waals surface area contributed by atoms with E-state index in [0.29, 0.717) is 0 Å². The van der Waals surface area contributed by atoms with Gasteiger partial charge in [-0.15, -0.1) is 0 Å². The van der Waals surface area contributed by atoms with Crippen LogP contribution in [-0.4, -0.2) is 21.2 Å². The number of rotatable bonds is 1. The van der Waals surface area contributed by atoms with Crippen molar-refractivity contribution in [3.8, 4) is 5.75 Å². The molecule has 2 nitrogen and oxygen atoms in total. The van der Waals surface area contributed by atoms with Gasteiger partial charge in [-0.05, 0) is 43.6 Å². The Kier molecular flexibility index (Phi) is 3.41. The van der Waals surface area contributed by atoms with Crippen molar-refractivity contribution in [2.75, 3.05) is 0 Å². The summed E-state index contributed by atoms with van der Waals surface area (Å²) in [6, 6.07) is 8.24. The van der Waals surface area contributed by atoms with Crippen molar-refractivity contribution in [2.24, 2.45) is 0 Å². The molecule has 2 unspecified atom stereocenters. The lowest BCUT2D eigenvalue weighted by molar-refractivity contribution is 0.0256. The lowest BCUT2D eigenvalue weighted by Gasteiger charge is -2.39. The molecule has 2 aromatic rings. The number of hydrogen-bond acceptors (Lipinski definition) is 2. The van der Waals surface area contributed by atoms with Crippen LogP contribution in [0.2, 0.25) is 5.82 Å². The Balaban J connectivity index is 2.15. The predicted octanol–water partition coefficient (Wildman–Crippen LogP) is 4.71. The Morgan fingerprint density at radius 3 is 2.36 bits per heavy atom. The first-order valence-corrected chi connectivity index (χ1v) is 8.62. The monoisotopic (exact) mass is 326 g/mol. The van der Waals surface area contributed by atoms with Gasteiger partial charge >= 0.3 is 0 Å². The Labute approximate surface area is 151 Å². The average molecular weight is 326 g/mol. The third-order valence-corrected chi connectivity index (χ3v) is 4.86. The summed E-state index contributed by atoms with van der Waals surface area (Å²) in [5.74, 6) is 1.45. The van der Waals surface area contributed by atoms with Gasteiger partial charge in [-0.25, -0.2) is 0 Å². The zero-order valence-electron chi connectivity index (χ0n) is 15.1. The highest BCUT2D eigenvalue weighted by Crippen LogP contribution is 2.49. The van der Waals surface area contributed by atoms with E-state index in [-0.39, 0.29) is 5.82 Å². The molecule has 0 aromatic heterocycles. The quantitative estimate of drug-likeness (QED) is 0.707. The van der Waals surface area contributed by atoms with Crippen molar-refractivity contribution < 1.29 is 9.47 Å². The molecule has 2 atom stereocenters. The van der Waals surface area contributed by atoms with Crippen LogP contribution in [-0.2, 0) is 10.3 Å². The molecule has 4 heteroatoms. The zero-order chi connectivity index (χ0) is 18.0. The molecular formula is C21H20B2O2. The molecule has 0 N–H and O–H groups in total. The first-order chi connectivity index (χ1) is 11.7. The van der Waals surface area contributed by atoms with Gasteiger partial charge in [-0.1, -0.05) is 43.3 Å². The van der Waals surface area contributed by atoms with Crippen LogP contribution in [0.25, 0.3) is 22.9 Å². The van der Waals surface area contributed by atoms with E-state index < -0.39 is 11.1 Å². The Morgan fingerprint density at radius 2 is 1.68 bits per heavy atom. The van der Waals surface area contributed by atoms with Crippen LogP contribution in [0, 0.1) is 0 Å². The van der Waals surface area contributed by atoms with Crippen LogP contribution in [0.3, 0.4) is 0 Å². The highest BCUT2D eigenvalue weighted by molar-refractivity contribution is 6.17. The van der Waals surface area contributed by atoms with Crippen LogP contribution in [0.1, 0.15) is 44.4 Å². The van der Waals surface area contributed by atoms with Gasteiger partial charge in [-0.3, -0.25) is 0 Å². The summed E-state index contributed by atoms with van der Waals surface area (Å²) in [7, 11) is 12.3. The maximum absolute atomic E-state index is 6.24. The maximum Gasteiger partial charge on any atom is 0.137 e. The molecule has 0 saturated heterocycles. The minimum absolute atomic E-state index is 0.165. The molecule has 0 aliphatic carbocycles. The average Bonchev–Trinajstić information content (AvgIpc) is 2.53. The molecule has 25 heavy (non-hydrogen) atoms. The van der Waals surface area contributed by atoms with E-state index in [1.165, 1.54) is 0 Å². The van der Waals surface area contributed by atoms with Gasteiger partial charge in [0.15, 0.2) is 0 Å². The van der Waals surface area contributed by atoms with Crippen molar-refractivity contribution in [3.05, 3.63) is 52.8 Å². The Bertz CT molecular complexity index is 937. The van der Waals surface area contributed by atoms with E-state index in [4.69, 9.17) is 25.2 Å². The second-order valence-electron chi connectivity index (χ2n) is 7.64. The van der Waals surface area contributed by atoms with Crippen molar-refractivity contribution in [2.45, 2.75) is 44.6 Å². The molecule has 0 spiro atoms. The molecule has 2 aliphatic heterocycles. The molecule has 2 heterocycles. The molecular weight excluding hydrogens is 306 g/mol. The Hall–Kier alpha value is -2.09. The molecule has 0 saturated carbocycles. The van der Waals surface area contributed by atoms with Gasteiger partial charge in [0.1, 0.15) is 19.2 Å². The van der Waals surface area contributed by atoms with Gasteiger partial charge in [0.05, 0.1) is 19.1 Å². The van der Waals surface area contributed by atoms with E-state index in [1.54, 1.807) is 0 Å². The van der Waals surface area contributed by atoms with Crippen molar-refractivity contribution in [3.63, 3.8) is 0 Å². The summed E-state index contributed by atoms with van der Waals surface area (Å²) in [6.07, 6.45) is 6.02. The van der Waals surface area contributed by atoms with E-state index in [1.807, 2.05) is 32.1 Å². The fourth-order valence-electron chi connectivity index (χ4n) is 3.77. The highest BCUT2D eigenvalue weighted by atomic mass is 16.5. The molecule has 4 rings (SSSR count). The topological polar surface area (TPSA) is 18.5 Å². The Morgan fingerprint density at radius 1 is 1.00 bits per heavy atom. The van der Waals surface area contributed by atoms with Crippen LogP contribution in [0.15, 0.2) is 36.1 Å². The van der Waals surface area contributed by atoms with Crippen LogP contribution in [0.5, 0.6) is 5.75 Å². The number of benzene rings is 2. The maximum atomic E-state index is 6.24. The summed E-state index contributed by atoms with van der Waals surface area (Å²) in [5, 5.41) is 2.17. The third kappa shape index (κ3) is 2.50. The van der Waals surface area contributed by atoms with E-state index in [2.05, 4.69) is 38.1 Å². The second-order valence-corrected chi connectivity index (χ2v) is 7.64. The highest BCUT2D eigenvalue weighted by Gasteiger charge is 2.37.